The molecule has 5 nitrogen and oxygen atoms in total. The highest BCUT2D eigenvalue weighted by molar-refractivity contribution is 5.76. The number of carboxylic acids is 1. The molecule has 21 heavy (non-hydrogen) atoms. The molecule has 0 aromatic rings. The van der Waals surface area contributed by atoms with E-state index in [1.54, 1.807) is 4.90 Å². The van der Waals surface area contributed by atoms with Crippen LogP contribution >= 0.6 is 0 Å². The summed E-state index contributed by atoms with van der Waals surface area (Å²) in [5, 5.41) is 8.90. The zero-order valence-electron chi connectivity index (χ0n) is 14.2. The SMILES string of the molecule is CC1CC(C)C(C)N(C(=O)N(CCC(=O)O)C(C)(C)C)C1. The van der Waals surface area contributed by atoms with Gasteiger partial charge in [-0.15, -0.1) is 0 Å². The van der Waals surface area contributed by atoms with Crippen molar-refractivity contribution in [1.82, 2.24) is 9.80 Å². The number of aliphatic carboxylic acids is 1. The number of carbonyl (C=O) groups excluding carboxylic acids is 1. The molecular formula is C16H30N2O3. The van der Waals surface area contributed by atoms with Crippen LogP contribution in [0.5, 0.6) is 0 Å². The molecule has 3 unspecified atom stereocenters. The van der Waals surface area contributed by atoms with Crippen LogP contribution in [0.2, 0.25) is 0 Å². The first-order valence-electron chi connectivity index (χ1n) is 7.84. The summed E-state index contributed by atoms with van der Waals surface area (Å²) < 4.78 is 0. The Morgan fingerprint density at radius 3 is 2.29 bits per heavy atom. The monoisotopic (exact) mass is 298 g/mol. The van der Waals surface area contributed by atoms with E-state index in [2.05, 4.69) is 20.8 Å². The average molecular weight is 298 g/mol. The largest absolute Gasteiger partial charge is 0.481 e. The lowest BCUT2D eigenvalue weighted by Gasteiger charge is -2.46. The Morgan fingerprint density at radius 1 is 1.24 bits per heavy atom. The zero-order valence-corrected chi connectivity index (χ0v) is 14.2. The van der Waals surface area contributed by atoms with Gasteiger partial charge in [-0.3, -0.25) is 4.79 Å². The maximum atomic E-state index is 12.9. The van der Waals surface area contributed by atoms with Crippen molar-refractivity contribution in [1.29, 1.82) is 0 Å². The number of likely N-dealkylation sites (tertiary alicyclic amines) is 1. The maximum Gasteiger partial charge on any atom is 0.320 e. The predicted molar refractivity (Wildman–Crippen MR) is 83.2 cm³/mol. The molecule has 1 saturated heterocycles. The van der Waals surface area contributed by atoms with Gasteiger partial charge in [0.05, 0.1) is 6.42 Å². The third kappa shape index (κ3) is 4.61. The van der Waals surface area contributed by atoms with E-state index in [9.17, 15) is 9.59 Å². The van der Waals surface area contributed by atoms with Crippen molar-refractivity contribution in [2.24, 2.45) is 11.8 Å². The first-order valence-corrected chi connectivity index (χ1v) is 7.84. The molecule has 0 aromatic heterocycles. The van der Waals surface area contributed by atoms with E-state index in [1.165, 1.54) is 0 Å². The average Bonchev–Trinajstić information content (AvgIpc) is 2.31. The molecule has 122 valence electrons. The molecule has 1 fully saturated rings. The molecule has 5 heteroatoms. The van der Waals surface area contributed by atoms with Crippen LogP contribution in [0.15, 0.2) is 0 Å². The first kappa shape index (κ1) is 17.8. The normalized spacial score (nSPS) is 26.6. The third-order valence-electron chi connectivity index (χ3n) is 4.43. The van der Waals surface area contributed by atoms with Crippen LogP contribution in [0.1, 0.15) is 54.4 Å². The van der Waals surface area contributed by atoms with Gasteiger partial charge in [0.2, 0.25) is 0 Å². The number of carbonyl (C=O) groups is 2. The minimum Gasteiger partial charge on any atom is -0.481 e. The van der Waals surface area contributed by atoms with Gasteiger partial charge in [0.1, 0.15) is 0 Å². The summed E-state index contributed by atoms with van der Waals surface area (Å²) in [4.78, 5) is 27.4. The van der Waals surface area contributed by atoms with Crippen molar-refractivity contribution >= 4 is 12.0 Å². The molecule has 0 aromatic carbocycles. The fraction of sp³-hybridized carbons (Fsp3) is 0.875. The lowest BCUT2D eigenvalue weighted by Crippen LogP contribution is -2.58. The summed E-state index contributed by atoms with van der Waals surface area (Å²) >= 11 is 0. The number of hydrogen-bond acceptors (Lipinski definition) is 2. The summed E-state index contributed by atoms with van der Waals surface area (Å²) in [5.74, 6) is 0.0888. The molecule has 0 bridgehead atoms. The van der Waals surface area contributed by atoms with Gasteiger partial charge >= 0.3 is 12.0 Å². The van der Waals surface area contributed by atoms with E-state index in [0.29, 0.717) is 11.8 Å². The van der Waals surface area contributed by atoms with Crippen LogP contribution in [0.4, 0.5) is 4.79 Å². The van der Waals surface area contributed by atoms with Crippen LogP contribution in [0.25, 0.3) is 0 Å². The van der Waals surface area contributed by atoms with E-state index >= 15 is 0 Å². The van der Waals surface area contributed by atoms with Crippen LogP contribution in [-0.2, 0) is 4.79 Å². The molecule has 0 radical (unpaired) electrons. The lowest BCUT2D eigenvalue weighted by atomic mass is 9.86. The molecule has 1 N–H and O–H groups in total. The molecule has 0 spiro atoms. The van der Waals surface area contributed by atoms with Gasteiger partial charge in [-0.05, 0) is 46.0 Å². The molecular weight excluding hydrogens is 268 g/mol. The van der Waals surface area contributed by atoms with Crippen molar-refractivity contribution in [2.45, 2.75) is 66.0 Å². The van der Waals surface area contributed by atoms with Gasteiger partial charge in [-0.1, -0.05) is 13.8 Å². The predicted octanol–water partition coefficient (Wildman–Crippen LogP) is 3.05. The van der Waals surface area contributed by atoms with Crippen LogP contribution in [0.3, 0.4) is 0 Å². The van der Waals surface area contributed by atoms with Crippen LogP contribution in [0, 0.1) is 11.8 Å². The van der Waals surface area contributed by atoms with Gasteiger partial charge in [0, 0.05) is 24.7 Å². The van der Waals surface area contributed by atoms with Crippen molar-refractivity contribution in [2.75, 3.05) is 13.1 Å². The molecule has 3 atom stereocenters. The summed E-state index contributed by atoms with van der Waals surface area (Å²) in [6.45, 7) is 13.3. The van der Waals surface area contributed by atoms with E-state index < -0.39 is 5.97 Å². The Kier molecular flexibility index (Phi) is 5.65. The highest BCUT2D eigenvalue weighted by Crippen LogP contribution is 2.29. The highest BCUT2D eigenvalue weighted by atomic mass is 16.4. The van der Waals surface area contributed by atoms with Gasteiger partial charge in [0.15, 0.2) is 0 Å². The smallest absolute Gasteiger partial charge is 0.320 e. The van der Waals surface area contributed by atoms with Crippen molar-refractivity contribution < 1.29 is 14.7 Å². The van der Waals surface area contributed by atoms with Gasteiger partial charge in [-0.25, -0.2) is 4.79 Å². The number of piperidine rings is 1. The van der Waals surface area contributed by atoms with Gasteiger partial charge in [-0.2, -0.15) is 0 Å². The van der Waals surface area contributed by atoms with Gasteiger partial charge < -0.3 is 14.9 Å². The Bertz CT molecular complexity index is 389. The van der Waals surface area contributed by atoms with E-state index in [1.807, 2.05) is 25.7 Å². The first-order chi connectivity index (χ1) is 9.54. The number of carboxylic acid groups (broad SMARTS) is 1. The topological polar surface area (TPSA) is 60.9 Å². The fourth-order valence-electron chi connectivity index (χ4n) is 3.05. The molecule has 2 amide bonds. The van der Waals surface area contributed by atoms with Crippen LogP contribution < -0.4 is 0 Å². The fourth-order valence-corrected chi connectivity index (χ4v) is 3.05. The van der Waals surface area contributed by atoms with Crippen molar-refractivity contribution in [3.8, 4) is 0 Å². The molecule has 1 rings (SSSR count). The van der Waals surface area contributed by atoms with Crippen LogP contribution in [-0.4, -0.2) is 51.6 Å². The minimum atomic E-state index is -0.870. The molecule has 1 heterocycles. The summed E-state index contributed by atoms with van der Waals surface area (Å²) in [7, 11) is 0. The third-order valence-corrected chi connectivity index (χ3v) is 4.43. The summed E-state index contributed by atoms with van der Waals surface area (Å²) in [5.41, 5.74) is -0.379. The molecule has 1 aliphatic rings. The second-order valence-corrected chi connectivity index (χ2v) is 7.46. The number of amides is 2. The summed E-state index contributed by atoms with van der Waals surface area (Å²) in [6.07, 6.45) is 1.12. The number of hydrogen-bond donors (Lipinski definition) is 1. The Hall–Kier alpha value is -1.26. The molecule has 0 saturated carbocycles. The molecule has 1 aliphatic heterocycles. The lowest BCUT2D eigenvalue weighted by molar-refractivity contribution is -0.137. The van der Waals surface area contributed by atoms with E-state index in [4.69, 9.17) is 5.11 Å². The number of rotatable bonds is 3. The van der Waals surface area contributed by atoms with Crippen molar-refractivity contribution in [3.63, 3.8) is 0 Å². The number of nitrogens with zero attached hydrogens (tertiary/aromatic N) is 2. The highest BCUT2D eigenvalue weighted by Gasteiger charge is 2.37. The Balaban J connectivity index is 2.90. The summed E-state index contributed by atoms with van der Waals surface area (Å²) in [6, 6.07) is 0.165. The molecule has 0 aliphatic carbocycles. The zero-order chi connectivity index (χ0) is 16.4. The second-order valence-electron chi connectivity index (χ2n) is 7.46. The van der Waals surface area contributed by atoms with E-state index in [-0.39, 0.29) is 30.6 Å². The number of urea groups is 1. The second kappa shape index (κ2) is 6.67. The van der Waals surface area contributed by atoms with Gasteiger partial charge in [0.25, 0.3) is 0 Å². The quantitative estimate of drug-likeness (QED) is 0.871. The Morgan fingerprint density at radius 2 is 1.81 bits per heavy atom. The van der Waals surface area contributed by atoms with E-state index in [0.717, 1.165) is 13.0 Å². The Labute approximate surface area is 128 Å². The maximum absolute atomic E-state index is 12.9. The van der Waals surface area contributed by atoms with Crippen molar-refractivity contribution in [3.05, 3.63) is 0 Å². The minimum absolute atomic E-state index is 0.0175. The standard InChI is InChI=1S/C16H30N2O3/c1-11-9-12(2)13(3)17(10-11)15(21)18(16(4,5)6)8-7-14(19)20/h11-13H,7-10H2,1-6H3,(H,19,20).